The Morgan fingerprint density at radius 1 is 1.61 bits per heavy atom. The van der Waals surface area contributed by atoms with Gasteiger partial charge in [-0.05, 0) is 13.8 Å². The summed E-state index contributed by atoms with van der Waals surface area (Å²) in [5, 5.41) is 10.2. The molecule has 0 bridgehead atoms. The number of ether oxygens (including phenoxy) is 1. The van der Waals surface area contributed by atoms with Crippen molar-refractivity contribution in [2.24, 2.45) is 7.05 Å². The summed E-state index contributed by atoms with van der Waals surface area (Å²) in [5.41, 5.74) is 2.09. The Morgan fingerprint density at radius 2 is 2.33 bits per heavy atom. The largest absolute Gasteiger partial charge is 0.383 e. The van der Waals surface area contributed by atoms with E-state index >= 15 is 0 Å². The highest BCUT2D eigenvalue weighted by Gasteiger charge is 2.07. The van der Waals surface area contributed by atoms with E-state index in [1.54, 1.807) is 11.8 Å². The fraction of sp³-hybridized carbons (Fsp3) is 0.667. The summed E-state index contributed by atoms with van der Waals surface area (Å²) in [6.45, 7) is 5.33. The van der Waals surface area contributed by atoms with E-state index < -0.39 is 0 Å². The smallest absolute Gasteiger partial charge is 0.234 e. The lowest BCUT2D eigenvalue weighted by Gasteiger charge is -2.12. The van der Waals surface area contributed by atoms with Crippen molar-refractivity contribution in [3.63, 3.8) is 0 Å². The molecule has 0 aliphatic heterocycles. The number of amides is 1. The zero-order valence-electron chi connectivity index (χ0n) is 11.5. The van der Waals surface area contributed by atoms with Crippen LogP contribution in [0.5, 0.6) is 0 Å². The first-order chi connectivity index (χ1) is 8.52. The Labute approximate surface area is 108 Å². The van der Waals surface area contributed by atoms with Crippen molar-refractivity contribution in [2.75, 3.05) is 20.3 Å². The molecule has 1 aromatic heterocycles. The molecule has 1 amide bonds. The maximum atomic E-state index is 11.6. The summed E-state index contributed by atoms with van der Waals surface area (Å²) < 4.78 is 6.72. The third-order valence-corrected chi connectivity index (χ3v) is 2.54. The molecule has 1 heterocycles. The van der Waals surface area contributed by atoms with Crippen LogP contribution in [0.2, 0.25) is 0 Å². The van der Waals surface area contributed by atoms with Crippen molar-refractivity contribution in [2.45, 2.75) is 26.4 Å². The first-order valence-electron chi connectivity index (χ1n) is 6.01. The van der Waals surface area contributed by atoms with Crippen molar-refractivity contribution < 1.29 is 9.53 Å². The van der Waals surface area contributed by atoms with Crippen molar-refractivity contribution in [1.29, 1.82) is 0 Å². The number of aryl methyl sites for hydroxylation is 2. The molecule has 6 heteroatoms. The Balaban J connectivity index is 2.25. The van der Waals surface area contributed by atoms with Crippen LogP contribution in [-0.4, -0.2) is 42.0 Å². The lowest BCUT2D eigenvalue weighted by molar-refractivity contribution is -0.121. The predicted molar refractivity (Wildman–Crippen MR) is 69.1 cm³/mol. The molecule has 0 spiro atoms. The van der Waals surface area contributed by atoms with E-state index in [1.165, 1.54) is 0 Å². The van der Waals surface area contributed by atoms with Gasteiger partial charge in [-0.3, -0.25) is 9.48 Å². The van der Waals surface area contributed by atoms with E-state index in [9.17, 15) is 4.79 Å². The number of carbonyl (C=O) groups is 1. The number of nitrogens with one attached hydrogen (secondary N) is 2. The Kier molecular flexibility index (Phi) is 5.80. The van der Waals surface area contributed by atoms with E-state index in [0.717, 1.165) is 11.3 Å². The van der Waals surface area contributed by atoms with Gasteiger partial charge in [0.25, 0.3) is 0 Å². The van der Waals surface area contributed by atoms with Crippen molar-refractivity contribution in [3.05, 3.63) is 17.5 Å². The first kappa shape index (κ1) is 14.7. The molecule has 0 saturated heterocycles. The zero-order chi connectivity index (χ0) is 13.5. The minimum absolute atomic E-state index is 0.0268. The highest BCUT2D eigenvalue weighted by Crippen LogP contribution is 2.03. The van der Waals surface area contributed by atoms with Crippen molar-refractivity contribution in [1.82, 2.24) is 20.4 Å². The van der Waals surface area contributed by atoms with Crippen molar-refractivity contribution >= 4 is 5.91 Å². The molecule has 0 fully saturated rings. The van der Waals surface area contributed by atoms with Crippen LogP contribution in [0.15, 0.2) is 6.20 Å². The maximum Gasteiger partial charge on any atom is 0.234 e. The van der Waals surface area contributed by atoms with Crippen LogP contribution >= 0.6 is 0 Å². The molecule has 1 rings (SSSR count). The van der Waals surface area contributed by atoms with Gasteiger partial charge in [-0.25, -0.2) is 0 Å². The minimum atomic E-state index is -0.0268. The third kappa shape index (κ3) is 4.85. The fourth-order valence-corrected chi connectivity index (χ4v) is 1.75. The molecule has 102 valence electrons. The maximum absolute atomic E-state index is 11.6. The second-order valence-corrected chi connectivity index (χ2v) is 4.44. The standard InChI is InChI=1S/C12H22N4O2/c1-9(8-18-4)14-12(17)6-13-5-11-7-16(3)15-10(11)2/h7,9,13H,5-6,8H2,1-4H3,(H,14,17). The van der Waals surface area contributed by atoms with Gasteiger partial charge in [0, 0.05) is 38.5 Å². The number of methoxy groups -OCH3 is 1. The molecule has 0 aliphatic carbocycles. The summed E-state index contributed by atoms with van der Waals surface area (Å²) in [6, 6.07) is 0.0319. The van der Waals surface area contributed by atoms with Gasteiger partial charge in [-0.15, -0.1) is 0 Å². The van der Waals surface area contributed by atoms with Gasteiger partial charge in [-0.1, -0.05) is 0 Å². The van der Waals surface area contributed by atoms with Gasteiger partial charge >= 0.3 is 0 Å². The zero-order valence-corrected chi connectivity index (χ0v) is 11.5. The van der Waals surface area contributed by atoms with Crippen LogP contribution in [0, 0.1) is 6.92 Å². The van der Waals surface area contributed by atoms with Gasteiger partial charge in [0.15, 0.2) is 0 Å². The van der Waals surface area contributed by atoms with Crippen molar-refractivity contribution in [3.8, 4) is 0 Å². The van der Waals surface area contributed by atoms with E-state index in [0.29, 0.717) is 19.7 Å². The molecule has 2 N–H and O–H groups in total. The Hall–Kier alpha value is -1.40. The minimum Gasteiger partial charge on any atom is -0.383 e. The monoisotopic (exact) mass is 254 g/mol. The molecule has 0 radical (unpaired) electrons. The van der Waals surface area contributed by atoms with E-state index in [4.69, 9.17) is 4.74 Å². The highest BCUT2D eigenvalue weighted by atomic mass is 16.5. The number of hydrogen-bond acceptors (Lipinski definition) is 4. The van der Waals surface area contributed by atoms with Gasteiger partial charge in [0.05, 0.1) is 18.8 Å². The van der Waals surface area contributed by atoms with Crippen LogP contribution < -0.4 is 10.6 Å². The quantitative estimate of drug-likeness (QED) is 0.717. The molecule has 1 aromatic rings. The van der Waals surface area contributed by atoms with E-state index in [-0.39, 0.29) is 11.9 Å². The summed E-state index contributed by atoms with van der Waals surface area (Å²) in [6.07, 6.45) is 1.95. The van der Waals surface area contributed by atoms with Crippen LogP contribution in [0.1, 0.15) is 18.2 Å². The van der Waals surface area contributed by atoms with Gasteiger partial charge in [0.1, 0.15) is 0 Å². The number of aromatic nitrogens is 2. The molecule has 1 unspecified atom stereocenters. The van der Waals surface area contributed by atoms with E-state index in [1.807, 2.05) is 27.1 Å². The SMILES string of the molecule is COCC(C)NC(=O)CNCc1cn(C)nc1C. The van der Waals surface area contributed by atoms with Crippen LogP contribution in [0.25, 0.3) is 0 Å². The fourth-order valence-electron chi connectivity index (χ4n) is 1.75. The average molecular weight is 254 g/mol. The normalized spacial score (nSPS) is 12.4. The number of rotatable bonds is 7. The van der Waals surface area contributed by atoms with E-state index in [2.05, 4.69) is 15.7 Å². The molecular weight excluding hydrogens is 232 g/mol. The molecule has 0 aromatic carbocycles. The number of nitrogens with zero attached hydrogens (tertiary/aromatic N) is 2. The summed E-state index contributed by atoms with van der Waals surface area (Å²) in [5.74, 6) is -0.0268. The second-order valence-electron chi connectivity index (χ2n) is 4.44. The van der Waals surface area contributed by atoms with Gasteiger partial charge in [-0.2, -0.15) is 5.10 Å². The Morgan fingerprint density at radius 3 is 2.89 bits per heavy atom. The summed E-state index contributed by atoms with van der Waals surface area (Å²) in [4.78, 5) is 11.6. The third-order valence-electron chi connectivity index (χ3n) is 2.54. The van der Waals surface area contributed by atoms with Crippen LogP contribution in [0.3, 0.4) is 0 Å². The Bertz CT molecular complexity index is 389. The predicted octanol–water partition coefficient (Wildman–Crippen LogP) is -0.0308. The average Bonchev–Trinajstić information content (AvgIpc) is 2.57. The molecule has 18 heavy (non-hydrogen) atoms. The topological polar surface area (TPSA) is 68.2 Å². The molecule has 1 atom stereocenters. The highest BCUT2D eigenvalue weighted by molar-refractivity contribution is 5.78. The molecular formula is C12H22N4O2. The molecule has 0 aliphatic rings. The molecule has 6 nitrogen and oxygen atoms in total. The summed E-state index contributed by atoms with van der Waals surface area (Å²) in [7, 11) is 3.50. The second kappa shape index (κ2) is 7.13. The number of carbonyl (C=O) groups excluding carboxylic acids is 1. The van der Waals surface area contributed by atoms with Gasteiger partial charge in [0.2, 0.25) is 5.91 Å². The summed E-state index contributed by atoms with van der Waals surface area (Å²) >= 11 is 0. The lowest BCUT2D eigenvalue weighted by Crippen LogP contribution is -2.40. The number of hydrogen-bond donors (Lipinski definition) is 2. The van der Waals surface area contributed by atoms with Crippen LogP contribution in [0.4, 0.5) is 0 Å². The lowest BCUT2D eigenvalue weighted by atomic mass is 10.2. The van der Waals surface area contributed by atoms with Crippen LogP contribution in [-0.2, 0) is 23.1 Å². The molecule has 0 saturated carbocycles. The van der Waals surface area contributed by atoms with Gasteiger partial charge < -0.3 is 15.4 Å². The first-order valence-corrected chi connectivity index (χ1v) is 6.01.